The molecule has 1 aromatic rings. The van der Waals surface area contributed by atoms with Gasteiger partial charge in [-0.3, -0.25) is 24.5 Å². The summed E-state index contributed by atoms with van der Waals surface area (Å²) < 4.78 is 26.5. The lowest BCUT2D eigenvalue weighted by molar-refractivity contribution is -0.384. The van der Waals surface area contributed by atoms with E-state index in [1.54, 1.807) is 0 Å². The molecule has 0 unspecified atom stereocenters. The highest BCUT2D eigenvalue weighted by atomic mass is 16.7. The van der Waals surface area contributed by atoms with Crippen molar-refractivity contribution in [3.63, 3.8) is 0 Å². The van der Waals surface area contributed by atoms with E-state index in [2.05, 4.69) is 5.32 Å². The number of nitrogens with one attached hydrogen (secondary N) is 1. The number of hydrogen-bond acceptors (Lipinski definition) is 12. The lowest BCUT2D eigenvalue weighted by atomic mass is 9.97. The normalized spacial score (nSPS) is 24.2. The van der Waals surface area contributed by atoms with Gasteiger partial charge in [0.15, 0.2) is 18.3 Å². The van der Waals surface area contributed by atoms with Crippen LogP contribution in [0.5, 0.6) is 5.75 Å². The van der Waals surface area contributed by atoms with Crippen LogP contribution in [-0.2, 0) is 38.1 Å². The molecule has 2 rings (SSSR count). The summed E-state index contributed by atoms with van der Waals surface area (Å²) in [5.41, 5.74) is -0.128. The molecule has 0 bridgehead atoms. The Hall–Kier alpha value is -3.94. The summed E-state index contributed by atoms with van der Waals surface area (Å²) in [5, 5.41) is 23.3. The van der Waals surface area contributed by atoms with Crippen molar-refractivity contribution in [1.29, 1.82) is 0 Å². The molecule has 1 saturated heterocycles. The number of carboxylic acid groups (broad SMARTS) is 1. The maximum absolute atomic E-state index is 11.8. The number of nitrogens with zero attached hydrogens (tertiary/aromatic N) is 1. The van der Waals surface area contributed by atoms with Gasteiger partial charge in [0.2, 0.25) is 12.4 Å². The number of ether oxygens (including phenoxy) is 5. The second kappa shape index (κ2) is 10.6. The summed E-state index contributed by atoms with van der Waals surface area (Å²) in [6.45, 7) is 3.06. The highest BCUT2D eigenvalue weighted by molar-refractivity contribution is 5.75. The minimum absolute atomic E-state index is 0.0260. The van der Waals surface area contributed by atoms with E-state index in [1.165, 1.54) is 13.1 Å². The van der Waals surface area contributed by atoms with E-state index < -0.39 is 59.5 Å². The van der Waals surface area contributed by atoms with Crippen molar-refractivity contribution in [2.24, 2.45) is 0 Å². The molecule has 1 heterocycles. The third-order valence-electron chi connectivity index (χ3n) is 4.33. The second-order valence-electron chi connectivity index (χ2n) is 6.79. The predicted octanol–water partition coefficient (Wildman–Crippen LogP) is 0.620. The van der Waals surface area contributed by atoms with Crippen LogP contribution < -0.4 is 10.1 Å². The molecule has 5 atom stereocenters. The van der Waals surface area contributed by atoms with Crippen molar-refractivity contribution < 1.29 is 52.9 Å². The standard InChI is InChI=1S/C19H22N2O12/c1-8(22)29-14-15(30-9(2)23)17(31-10(3)24)19(33-16(14)18(25)26)32-13-6-5-11(21(27)28)7-12(13)20-4/h5-7,14-17,19-20H,1-4H3,(H,25,26)/t14-,15-,16-,17+,19+/m0/s1. The fourth-order valence-corrected chi connectivity index (χ4v) is 3.12. The lowest BCUT2D eigenvalue weighted by Gasteiger charge is -2.42. The van der Waals surface area contributed by atoms with Crippen molar-refractivity contribution in [3.8, 4) is 5.75 Å². The van der Waals surface area contributed by atoms with Gasteiger partial charge < -0.3 is 34.1 Å². The zero-order chi connectivity index (χ0) is 24.9. The van der Waals surface area contributed by atoms with E-state index in [0.717, 1.165) is 32.9 Å². The number of anilines is 1. The molecule has 14 heteroatoms. The Kier molecular flexibility index (Phi) is 8.12. The predicted molar refractivity (Wildman–Crippen MR) is 106 cm³/mol. The van der Waals surface area contributed by atoms with Gasteiger partial charge in [-0.15, -0.1) is 0 Å². The monoisotopic (exact) mass is 470 g/mol. The minimum Gasteiger partial charge on any atom is -0.479 e. The maximum Gasteiger partial charge on any atom is 0.337 e. The van der Waals surface area contributed by atoms with Crippen LogP contribution in [-0.4, -0.2) is 71.7 Å². The third kappa shape index (κ3) is 6.29. The number of carbonyl (C=O) groups is 4. The first kappa shape index (κ1) is 25.3. The Morgan fingerprint density at radius 1 is 1.00 bits per heavy atom. The lowest BCUT2D eigenvalue weighted by Crippen LogP contribution is -2.64. The maximum atomic E-state index is 11.8. The van der Waals surface area contributed by atoms with Gasteiger partial charge in [0.1, 0.15) is 5.75 Å². The van der Waals surface area contributed by atoms with Gasteiger partial charge in [-0.2, -0.15) is 0 Å². The first-order valence-electron chi connectivity index (χ1n) is 9.47. The highest BCUT2D eigenvalue weighted by Gasteiger charge is 2.55. The molecular formula is C19H22N2O12. The van der Waals surface area contributed by atoms with Crippen LogP contribution in [0.15, 0.2) is 18.2 Å². The molecule has 33 heavy (non-hydrogen) atoms. The Bertz CT molecular complexity index is 949. The number of nitro groups is 1. The van der Waals surface area contributed by atoms with E-state index in [4.69, 9.17) is 23.7 Å². The number of aliphatic carboxylic acids is 1. The first-order valence-corrected chi connectivity index (χ1v) is 9.47. The molecule has 0 radical (unpaired) electrons. The molecular weight excluding hydrogens is 448 g/mol. The molecule has 180 valence electrons. The van der Waals surface area contributed by atoms with Gasteiger partial charge >= 0.3 is 23.9 Å². The molecule has 1 aliphatic rings. The minimum atomic E-state index is -1.87. The first-order chi connectivity index (χ1) is 15.4. The van der Waals surface area contributed by atoms with Crippen LogP contribution in [0.25, 0.3) is 0 Å². The van der Waals surface area contributed by atoms with Crippen LogP contribution in [0.2, 0.25) is 0 Å². The van der Waals surface area contributed by atoms with Crippen LogP contribution in [0.4, 0.5) is 11.4 Å². The summed E-state index contributed by atoms with van der Waals surface area (Å²) in [7, 11) is 1.45. The zero-order valence-electron chi connectivity index (χ0n) is 18.0. The van der Waals surface area contributed by atoms with E-state index in [-0.39, 0.29) is 17.1 Å². The summed E-state index contributed by atoms with van der Waals surface area (Å²) in [6.07, 6.45) is -8.38. The van der Waals surface area contributed by atoms with Gasteiger partial charge in [0, 0.05) is 40.0 Å². The van der Waals surface area contributed by atoms with Crippen molar-refractivity contribution >= 4 is 35.3 Å². The van der Waals surface area contributed by atoms with Crippen LogP contribution in [0.3, 0.4) is 0 Å². The molecule has 1 aromatic carbocycles. The number of benzene rings is 1. The summed E-state index contributed by atoms with van der Waals surface area (Å²) in [6, 6.07) is 3.49. The molecule has 0 saturated carbocycles. The largest absolute Gasteiger partial charge is 0.479 e. The Labute approximate surface area is 186 Å². The van der Waals surface area contributed by atoms with Gasteiger partial charge in [0.05, 0.1) is 10.6 Å². The summed E-state index contributed by atoms with van der Waals surface area (Å²) in [4.78, 5) is 57.3. The number of non-ortho nitro benzene ring substituents is 1. The number of rotatable bonds is 8. The van der Waals surface area contributed by atoms with Crippen LogP contribution >= 0.6 is 0 Å². The molecule has 14 nitrogen and oxygen atoms in total. The topological polar surface area (TPSA) is 190 Å². The van der Waals surface area contributed by atoms with Gasteiger partial charge in [-0.1, -0.05) is 0 Å². The summed E-state index contributed by atoms with van der Waals surface area (Å²) >= 11 is 0. The van der Waals surface area contributed by atoms with E-state index in [1.807, 2.05) is 0 Å². The summed E-state index contributed by atoms with van der Waals surface area (Å²) in [5.74, 6) is -4.25. The number of nitro benzene ring substituents is 1. The van der Waals surface area contributed by atoms with Crippen LogP contribution in [0.1, 0.15) is 20.8 Å². The Balaban J connectivity index is 2.53. The van der Waals surface area contributed by atoms with E-state index >= 15 is 0 Å². The smallest absolute Gasteiger partial charge is 0.337 e. The van der Waals surface area contributed by atoms with Crippen molar-refractivity contribution in [1.82, 2.24) is 0 Å². The number of carbonyl (C=O) groups excluding carboxylic acids is 3. The molecule has 0 aliphatic carbocycles. The molecule has 0 amide bonds. The molecule has 1 aliphatic heterocycles. The average molecular weight is 470 g/mol. The fraction of sp³-hybridized carbons (Fsp3) is 0.474. The van der Waals surface area contributed by atoms with Crippen molar-refractivity contribution in [2.75, 3.05) is 12.4 Å². The Morgan fingerprint density at radius 3 is 2.03 bits per heavy atom. The van der Waals surface area contributed by atoms with Crippen LogP contribution in [0, 0.1) is 10.1 Å². The quantitative estimate of drug-likeness (QED) is 0.233. The number of hydrogen-bond donors (Lipinski definition) is 2. The zero-order valence-corrected chi connectivity index (χ0v) is 18.0. The van der Waals surface area contributed by atoms with E-state index in [0.29, 0.717) is 0 Å². The number of esters is 3. The van der Waals surface area contributed by atoms with E-state index in [9.17, 15) is 34.4 Å². The Morgan fingerprint density at radius 2 is 1.55 bits per heavy atom. The molecule has 2 N–H and O–H groups in total. The SMILES string of the molecule is CNc1cc([N+](=O)[O-])ccc1O[C@@H]1O[C@H](C(=O)O)[C@@H](OC(C)=O)[C@H](OC(C)=O)[C@H]1OC(C)=O. The highest BCUT2D eigenvalue weighted by Crippen LogP contribution is 2.34. The van der Waals surface area contributed by atoms with Crippen molar-refractivity contribution in [2.45, 2.75) is 51.5 Å². The molecule has 0 spiro atoms. The van der Waals surface area contributed by atoms with Gasteiger partial charge in [-0.05, 0) is 6.07 Å². The number of carboxylic acids is 1. The van der Waals surface area contributed by atoms with Gasteiger partial charge in [0.25, 0.3) is 5.69 Å². The fourth-order valence-electron chi connectivity index (χ4n) is 3.12. The third-order valence-corrected chi connectivity index (χ3v) is 4.33. The molecule has 1 fully saturated rings. The van der Waals surface area contributed by atoms with Gasteiger partial charge in [-0.25, -0.2) is 4.79 Å². The second-order valence-corrected chi connectivity index (χ2v) is 6.79. The average Bonchev–Trinajstić information content (AvgIpc) is 2.70. The van der Waals surface area contributed by atoms with Crippen molar-refractivity contribution in [3.05, 3.63) is 28.3 Å². The molecule has 0 aromatic heterocycles.